The first-order valence-electron chi connectivity index (χ1n) is 10.00. The molecule has 6 atom stereocenters. The number of carbonyl (C=O) groups is 1. The van der Waals surface area contributed by atoms with Crippen molar-refractivity contribution in [2.75, 3.05) is 0 Å². The summed E-state index contributed by atoms with van der Waals surface area (Å²) in [7, 11) is -0.586. The fourth-order valence-electron chi connectivity index (χ4n) is 3.23. The maximum absolute atomic E-state index is 15.8. The van der Waals surface area contributed by atoms with Crippen molar-refractivity contribution in [2.24, 2.45) is 0 Å². The molecular formula is C17H23B2ClF2N3O8P. The number of nitrogens with one attached hydrogen (secondary N) is 2. The van der Waals surface area contributed by atoms with Gasteiger partial charge < -0.3 is 19.1 Å². The Labute approximate surface area is 200 Å². The van der Waals surface area contributed by atoms with E-state index in [4.69, 9.17) is 25.6 Å². The molecule has 0 aromatic carbocycles. The van der Waals surface area contributed by atoms with Crippen molar-refractivity contribution in [1.82, 2.24) is 14.6 Å². The van der Waals surface area contributed by atoms with Gasteiger partial charge in [0.15, 0.2) is 6.23 Å². The average molecular weight is 523 g/mol. The average Bonchev–Trinajstić information content (AvgIpc) is 2.95. The molecule has 3 unspecified atom stereocenters. The number of alkyl halides is 1. The Kier molecular flexibility index (Phi) is 8.96. The number of aliphatic hydroxyl groups is 1. The fraction of sp³-hybridized carbons (Fsp3) is 0.588. The molecule has 0 bridgehead atoms. The molecule has 17 heteroatoms. The van der Waals surface area contributed by atoms with E-state index >= 15 is 4.39 Å². The van der Waals surface area contributed by atoms with Gasteiger partial charge in [-0.15, -0.1) is 0 Å². The highest BCUT2D eigenvalue weighted by Gasteiger charge is 2.62. The molecule has 0 radical (unpaired) electrons. The van der Waals surface area contributed by atoms with Crippen molar-refractivity contribution < 1.29 is 37.2 Å². The van der Waals surface area contributed by atoms with Gasteiger partial charge in [-0.25, -0.2) is 14.3 Å². The number of aromatic amines is 1. The molecule has 11 nitrogen and oxygen atoms in total. The largest absolute Gasteiger partial charge is 0.462 e. The van der Waals surface area contributed by atoms with Crippen LogP contribution in [-0.2, 0) is 23.4 Å². The van der Waals surface area contributed by atoms with Gasteiger partial charge in [0.25, 0.3) is 13.7 Å². The molecule has 1 aliphatic rings. The van der Waals surface area contributed by atoms with Crippen molar-refractivity contribution in [3.8, 4) is 11.3 Å². The second-order valence-electron chi connectivity index (χ2n) is 8.33. The van der Waals surface area contributed by atoms with Gasteiger partial charge in [0.05, 0.1) is 12.3 Å². The number of aromatic nitrogens is 2. The lowest BCUT2D eigenvalue weighted by Gasteiger charge is -2.33. The number of aliphatic hydroxyl groups excluding tert-OH is 1. The smallest absolute Gasteiger partial charge is 0.330 e. The van der Waals surface area contributed by atoms with E-state index in [1.54, 1.807) is 24.2 Å². The molecule has 1 aromatic rings. The monoisotopic (exact) mass is 523 g/mol. The number of rotatable bonds is 8. The molecule has 0 aliphatic carbocycles. The summed E-state index contributed by atoms with van der Waals surface area (Å²) < 4.78 is 58.4. The molecule has 1 fully saturated rings. The first-order valence-corrected chi connectivity index (χ1v) is 11.7. The van der Waals surface area contributed by atoms with Crippen LogP contribution in [0.1, 0.15) is 27.0 Å². The van der Waals surface area contributed by atoms with Crippen LogP contribution in [0.25, 0.3) is 0 Å². The molecule has 1 aliphatic heterocycles. The molecule has 0 spiro atoms. The van der Waals surface area contributed by atoms with E-state index in [0.29, 0.717) is 10.8 Å². The minimum absolute atomic E-state index is 0.364. The van der Waals surface area contributed by atoms with Crippen LogP contribution in [0.5, 0.6) is 0 Å². The van der Waals surface area contributed by atoms with E-state index in [1.165, 1.54) is 22.6 Å². The Morgan fingerprint density at radius 3 is 2.65 bits per heavy atom. The van der Waals surface area contributed by atoms with Gasteiger partial charge in [-0.05, 0) is 38.3 Å². The number of hydrogen-bond acceptors (Lipinski definition) is 8. The summed E-state index contributed by atoms with van der Waals surface area (Å²) in [6.07, 6.45) is -5.81. The van der Waals surface area contributed by atoms with Crippen LogP contribution in [-0.4, -0.2) is 71.7 Å². The van der Waals surface area contributed by atoms with Gasteiger partial charge in [-0.2, -0.15) is 4.39 Å². The Hall–Kier alpha value is -1.94. The molecular weight excluding hydrogens is 500 g/mol. The third-order valence-corrected chi connectivity index (χ3v) is 6.32. The number of esters is 1. The predicted molar refractivity (Wildman–Crippen MR) is 122 cm³/mol. The summed E-state index contributed by atoms with van der Waals surface area (Å²) in [5, 5.41) is 13.2. The fourth-order valence-corrected chi connectivity index (χ4v) is 4.50. The standard InChI is InChI=1S/C17H23B2ClF2N3O8P/c1-7(2)31-13(28)8(3)24-34(30)33-17(18,19)11-10(26)16(22,4-5-20)14(32-11)25-6-9(21)12(27)23-15(25)29/h6-8,10-11,14,26,34H,18-19H2,1-3H3,(H,24,30)(H,23,27,29)/t8-,10-,11?,14+,16?/m0/s1. The number of ether oxygens (including phenoxy) is 2. The van der Waals surface area contributed by atoms with Crippen LogP contribution in [0, 0.1) is 17.1 Å². The summed E-state index contributed by atoms with van der Waals surface area (Å²) in [6, 6.07) is -1.02. The zero-order valence-corrected chi connectivity index (χ0v) is 20.6. The van der Waals surface area contributed by atoms with Gasteiger partial charge in [-0.1, -0.05) is 0 Å². The molecule has 3 N–H and O–H groups in total. The van der Waals surface area contributed by atoms with Crippen molar-refractivity contribution in [1.29, 1.82) is 0 Å². The van der Waals surface area contributed by atoms with E-state index in [2.05, 4.69) is 5.09 Å². The molecule has 0 amide bonds. The minimum atomic E-state index is -3.19. The summed E-state index contributed by atoms with van der Waals surface area (Å²) in [6.45, 7) is 4.66. The second kappa shape index (κ2) is 10.8. The third kappa shape index (κ3) is 6.00. The maximum Gasteiger partial charge on any atom is 0.330 e. The SMILES string of the molecule is BC(B)(O[PH](=O)N[C@@H](C)C(=O)OC(C)C)C1O[C@@H](n2cc(F)c(=O)[nH]c2=O)C(F)(C#CCl)[C@H]1O. The first-order chi connectivity index (χ1) is 15.6. The van der Waals surface area contributed by atoms with Crippen molar-refractivity contribution in [3.63, 3.8) is 0 Å². The molecule has 34 heavy (non-hydrogen) atoms. The van der Waals surface area contributed by atoms with Crippen LogP contribution in [0.3, 0.4) is 0 Å². The lowest BCUT2D eigenvalue weighted by molar-refractivity contribution is -0.149. The van der Waals surface area contributed by atoms with E-state index in [1.807, 2.05) is 5.92 Å². The predicted octanol–water partition coefficient (Wildman–Crippen LogP) is -1.90. The van der Waals surface area contributed by atoms with E-state index in [9.17, 15) is 28.4 Å². The lowest BCUT2D eigenvalue weighted by atomic mass is 9.60. The Morgan fingerprint density at radius 2 is 2.09 bits per heavy atom. The Bertz CT molecular complexity index is 1140. The summed E-state index contributed by atoms with van der Waals surface area (Å²) >= 11 is 5.34. The van der Waals surface area contributed by atoms with Crippen molar-refractivity contribution >= 4 is 41.4 Å². The molecule has 0 saturated carbocycles. The first kappa shape index (κ1) is 28.3. The normalized spacial score (nSPS) is 26.5. The number of nitrogens with zero attached hydrogens (tertiary/aromatic N) is 1. The van der Waals surface area contributed by atoms with Crippen LogP contribution < -0.4 is 16.3 Å². The zero-order valence-electron chi connectivity index (χ0n) is 18.9. The van der Waals surface area contributed by atoms with Crippen LogP contribution in [0.15, 0.2) is 15.8 Å². The highest BCUT2D eigenvalue weighted by molar-refractivity contribution is 7.37. The summed E-state index contributed by atoms with van der Waals surface area (Å²) in [4.78, 5) is 37.1. The van der Waals surface area contributed by atoms with Gasteiger partial charge in [0.2, 0.25) is 11.5 Å². The van der Waals surface area contributed by atoms with Crippen LogP contribution in [0.4, 0.5) is 8.78 Å². The summed E-state index contributed by atoms with van der Waals surface area (Å²) in [5.41, 5.74) is -5.64. The molecule has 1 saturated heterocycles. The number of halogens is 3. The Morgan fingerprint density at radius 1 is 1.47 bits per heavy atom. The van der Waals surface area contributed by atoms with Gasteiger partial charge in [0.1, 0.15) is 33.9 Å². The molecule has 1 aromatic heterocycles. The van der Waals surface area contributed by atoms with E-state index in [0.717, 1.165) is 0 Å². The zero-order chi connectivity index (χ0) is 26.0. The minimum Gasteiger partial charge on any atom is -0.462 e. The summed E-state index contributed by atoms with van der Waals surface area (Å²) in [5.74, 6) is -0.212. The van der Waals surface area contributed by atoms with E-state index < -0.39 is 72.9 Å². The van der Waals surface area contributed by atoms with Crippen LogP contribution in [0.2, 0.25) is 0 Å². The molecule has 186 valence electrons. The number of hydrogen-bond donors (Lipinski definition) is 3. The quantitative estimate of drug-likeness (QED) is 0.154. The van der Waals surface area contributed by atoms with Gasteiger partial charge >= 0.3 is 11.7 Å². The van der Waals surface area contributed by atoms with Gasteiger partial charge in [-0.3, -0.25) is 23.7 Å². The topological polar surface area (TPSA) is 149 Å². The number of H-pyrrole nitrogens is 1. The third-order valence-electron chi connectivity index (χ3n) is 4.85. The highest BCUT2D eigenvalue weighted by atomic mass is 35.5. The maximum atomic E-state index is 15.8. The number of carbonyl (C=O) groups excluding carboxylic acids is 1. The van der Waals surface area contributed by atoms with Crippen LogP contribution >= 0.6 is 19.8 Å². The second-order valence-corrected chi connectivity index (χ2v) is 9.59. The molecule has 2 heterocycles. The van der Waals surface area contributed by atoms with Crippen molar-refractivity contribution in [3.05, 3.63) is 32.9 Å². The van der Waals surface area contributed by atoms with Crippen molar-refractivity contribution in [2.45, 2.75) is 62.4 Å². The highest BCUT2D eigenvalue weighted by Crippen LogP contribution is 2.45. The molecule has 2 rings (SSSR count). The van der Waals surface area contributed by atoms with Gasteiger partial charge in [0, 0.05) is 10.8 Å². The Balaban J connectivity index is 2.32. The van der Waals surface area contributed by atoms with E-state index in [-0.39, 0.29) is 0 Å². The lowest BCUT2D eigenvalue weighted by Crippen LogP contribution is -2.53.